The highest BCUT2D eigenvalue weighted by Gasteiger charge is 2.35. The lowest BCUT2D eigenvalue weighted by Crippen LogP contribution is -2.49. The number of nitrogens with zero attached hydrogens (tertiary/aromatic N) is 3. The molecule has 1 aliphatic heterocycles. The molecule has 0 aliphatic carbocycles. The van der Waals surface area contributed by atoms with Gasteiger partial charge >= 0.3 is 5.97 Å². The number of ether oxygens (including phenoxy) is 1. The highest BCUT2D eigenvalue weighted by atomic mass is 16.5. The average molecular weight is 677 g/mol. The van der Waals surface area contributed by atoms with Crippen molar-refractivity contribution in [2.24, 2.45) is 5.92 Å². The minimum Gasteiger partial charge on any atom is -0.494 e. The molecule has 0 radical (unpaired) electrons. The zero-order valence-corrected chi connectivity index (χ0v) is 29.1. The van der Waals surface area contributed by atoms with E-state index in [9.17, 15) is 19.5 Å². The number of hydrogen-bond acceptors (Lipinski definition) is 6. The molecule has 5 rings (SSSR count). The van der Waals surface area contributed by atoms with Crippen LogP contribution in [-0.2, 0) is 22.4 Å². The second-order valence-corrected chi connectivity index (χ2v) is 13.1. The summed E-state index contributed by atoms with van der Waals surface area (Å²) < 4.78 is 5.90. The monoisotopic (exact) mass is 676 g/mol. The third kappa shape index (κ3) is 10.00. The smallest absolute Gasteiger partial charge is 0.308 e. The quantitative estimate of drug-likeness (QED) is 0.112. The maximum absolute atomic E-state index is 13.7. The predicted octanol–water partition coefficient (Wildman–Crippen LogP) is 7.39. The summed E-state index contributed by atoms with van der Waals surface area (Å²) in [5, 5.41) is 12.4. The maximum atomic E-state index is 13.7. The number of nitrogens with one attached hydrogen (secondary N) is 1. The van der Waals surface area contributed by atoms with Gasteiger partial charge in [-0.25, -0.2) is 9.97 Å². The molecule has 9 heteroatoms. The molecule has 2 heterocycles. The second-order valence-electron chi connectivity index (χ2n) is 13.1. The molecular formula is C41H48N4O5. The number of carbonyl (C=O) groups is 3. The lowest BCUT2D eigenvalue weighted by molar-refractivity contribution is -0.141. The third-order valence-corrected chi connectivity index (χ3v) is 9.22. The summed E-state index contributed by atoms with van der Waals surface area (Å²) in [6, 6.07) is 22.2. The molecule has 3 aromatic carbocycles. The van der Waals surface area contributed by atoms with Crippen molar-refractivity contribution >= 4 is 17.8 Å². The van der Waals surface area contributed by atoms with Gasteiger partial charge in [-0.1, -0.05) is 94.5 Å². The number of aliphatic carboxylic acids is 1. The summed E-state index contributed by atoms with van der Waals surface area (Å²) in [6.07, 6.45) is 12.2. The van der Waals surface area contributed by atoms with Gasteiger partial charge in [-0.15, -0.1) is 0 Å². The van der Waals surface area contributed by atoms with Gasteiger partial charge in [-0.05, 0) is 60.2 Å². The van der Waals surface area contributed by atoms with E-state index in [1.807, 2.05) is 60.7 Å². The van der Waals surface area contributed by atoms with Crippen LogP contribution in [0.3, 0.4) is 0 Å². The van der Waals surface area contributed by atoms with Crippen molar-refractivity contribution in [1.82, 2.24) is 20.2 Å². The van der Waals surface area contributed by atoms with Gasteiger partial charge in [0.05, 0.1) is 12.5 Å². The number of aryl methyl sites for hydroxylation is 1. The van der Waals surface area contributed by atoms with E-state index in [-0.39, 0.29) is 24.8 Å². The molecule has 262 valence electrons. The summed E-state index contributed by atoms with van der Waals surface area (Å²) in [5.74, 6) is -0.704. The molecule has 4 aromatic rings. The zero-order chi connectivity index (χ0) is 35.3. The molecule has 0 unspecified atom stereocenters. The number of likely N-dealkylation sites (tertiary alicyclic amines) is 1. The fourth-order valence-corrected chi connectivity index (χ4v) is 6.23. The summed E-state index contributed by atoms with van der Waals surface area (Å²) in [7, 11) is 0. The number of carboxylic acid groups (broad SMARTS) is 1. The minimum atomic E-state index is -0.912. The second kappa shape index (κ2) is 18.1. The van der Waals surface area contributed by atoms with Gasteiger partial charge < -0.3 is 20.1 Å². The Bertz CT molecular complexity index is 1690. The van der Waals surface area contributed by atoms with E-state index in [2.05, 4.69) is 29.1 Å². The van der Waals surface area contributed by atoms with Crippen LogP contribution in [-0.4, -0.2) is 63.5 Å². The Morgan fingerprint density at radius 1 is 0.820 bits per heavy atom. The number of hydrogen-bond donors (Lipinski definition) is 2. The predicted molar refractivity (Wildman–Crippen MR) is 195 cm³/mol. The van der Waals surface area contributed by atoms with Gasteiger partial charge in [0.2, 0.25) is 5.91 Å². The van der Waals surface area contributed by atoms with Gasteiger partial charge in [0.1, 0.15) is 11.8 Å². The molecule has 2 amide bonds. The number of amides is 2. The van der Waals surface area contributed by atoms with Crippen LogP contribution in [0.4, 0.5) is 0 Å². The van der Waals surface area contributed by atoms with Crippen molar-refractivity contribution in [2.75, 3.05) is 19.7 Å². The van der Waals surface area contributed by atoms with Crippen LogP contribution in [0.5, 0.6) is 5.75 Å². The fourth-order valence-electron chi connectivity index (χ4n) is 6.23. The number of benzene rings is 3. The number of unbranched alkanes of at least 4 members (excludes halogenated alkanes) is 4. The zero-order valence-electron chi connectivity index (χ0n) is 29.1. The van der Waals surface area contributed by atoms with E-state index >= 15 is 0 Å². The number of carboxylic acids is 1. The van der Waals surface area contributed by atoms with Crippen molar-refractivity contribution in [1.29, 1.82) is 0 Å². The van der Waals surface area contributed by atoms with Crippen LogP contribution < -0.4 is 10.1 Å². The normalized spacial score (nSPS) is 14.7. The van der Waals surface area contributed by atoms with E-state index in [0.29, 0.717) is 24.4 Å². The first-order valence-electron chi connectivity index (χ1n) is 17.9. The minimum absolute atomic E-state index is 0.135. The standard InChI is InChI=1S/C41H48N4O5/c1-3-5-6-7-8-24-50-36-20-18-31(19-21-36)35-26-42-38(43-27-35)32-14-12-30(13-15-32)25-37(40(47)45-23-22-34(28-45)41(48)49)44-39(46)33-16-10-29(9-4-2)11-17-33/h10-21,26-27,34,37H,3-9,22-25,28H2,1-2H3,(H,44,46)(H,48,49)/t34-,37-/m0/s1. The van der Waals surface area contributed by atoms with Crippen LogP contribution in [0.2, 0.25) is 0 Å². The van der Waals surface area contributed by atoms with Gasteiger partial charge in [0.25, 0.3) is 5.91 Å². The molecule has 1 aromatic heterocycles. The molecule has 0 spiro atoms. The Balaban J connectivity index is 1.22. The first-order valence-corrected chi connectivity index (χ1v) is 17.9. The number of rotatable bonds is 17. The van der Waals surface area contributed by atoms with Crippen molar-refractivity contribution < 1.29 is 24.2 Å². The Morgan fingerprint density at radius 2 is 1.48 bits per heavy atom. The van der Waals surface area contributed by atoms with Gasteiger partial charge in [0, 0.05) is 48.6 Å². The van der Waals surface area contributed by atoms with E-state index in [4.69, 9.17) is 4.74 Å². The Morgan fingerprint density at radius 3 is 2.12 bits per heavy atom. The highest BCUT2D eigenvalue weighted by Crippen LogP contribution is 2.24. The lowest BCUT2D eigenvalue weighted by atomic mass is 10.0. The summed E-state index contributed by atoms with van der Waals surface area (Å²) >= 11 is 0. The lowest BCUT2D eigenvalue weighted by Gasteiger charge is -2.24. The van der Waals surface area contributed by atoms with Crippen molar-refractivity contribution in [3.63, 3.8) is 0 Å². The summed E-state index contributed by atoms with van der Waals surface area (Å²) in [4.78, 5) is 49.3. The third-order valence-electron chi connectivity index (χ3n) is 9.22. The number of carbonyl (C=O) groups excluding carboxylic acids is 2. The molecule has 2 N–H and O–H groups in total. The first kappa shape index (κ1) is 36.2. The van der Waals surface area contributed by atoms with Crippen LogP contribution >= 0.6 is 0 Å². The van der Waals surface area contributed by atoms with E-state index < -0.39 is 17.9 Å². The molecule has 2 atom stereocenters. The summed E-state index contributed by atoms with van der Waals surface area (Å²) in [6.45, 7) is 5.53. The van der Waals surface area contributed by atoms with E-state index in [0.717, 1.165) is 59.4 Å². The fraction of sp³-hybridized carbons (Fsp3) is 0.390. The first-order chi connectivity index (χ1) is 24.3. The van der Waals surface area contributed by atoms with Crippen molar-refractivity contribution in [3.05, 3.63) is 102 Å². The maximum Gasteiger partial charge on any atom is 0.308 e. The molecular weight excluding hydrogens is 628 g/mol. The molecule has 0 saturated carbocycles. The number of aromatic nitrogens is 2. The van der Waals surface area contributed by atoms with Crippen molar-refractivity contribution in [3.8, 4) is 28.3 Å². The molecule has 1 aliphatic rings. The van der Waals surface area contributed by atoms with E-state index in [1.54, 1.807) is 29.4 Å². The van der Waals surface area contributed by atoms with Crippen LogP contribution in [0, 0.1) is 5.92 Å². The van der Waals surface area contributed by atoms with Gasteiger partial charge in [-0.3, -0.25) is 14.4 Å². The largest absolute Gasteiger partial charge is 0.494 e. The Hall–Kier alpha value is -5.05. The molecule has 1 fully saturated rings. The van der Waals surface area contributed by atoms with Crippen molar-refractivity contribution in [2.45, 2.75) is 77.7 Å². The van der Waals surface area contributed by atoms with Crippen LogP contribution in [0.25, 0.3) is 22.5 Å². The summed E-state index contributed by atoms with van der Waals surface area (Å²) in [5.41, 5.74) is 5.20. The topological polar surface area (TPSA) is 122 Å². The van der Waals surface area contributed by atoms with Gasteiger partial charge in [-0.2, -0.15) is 0 Å². The van der Waals surface area contributed by atoms with Crippen LogP contribution in [0.15, 0.2) is 85.2 Å². The molecule has 50 heavy (non-hydrogen) atoms. The van der Waals surface area contributed by atoms with Crippen LogP contribution in [0.1, 0.15) is 80.3 Å². The Kier molecular flexibility index (Phi) is 13.1. The van der Waals surface area contributed by atoms with E-state index in [1.165, 1.54) is 25.7 Å². The Labute approximate surface area is 295 Å². The molecule has 9 nitrogen and oxygen atoms in total. The highest BCUT2D eigenvalue weighted by molar-refractivity contribution is 5.97. The molecule has 0 bridgehead atoms. The van der Waals surface area contributed by atoms with Gasteiger partial charge in [0.15, 0.2) is 5.82 Å². The SMILES string of the molecule is CCCCCCCOc1ccc(-c2cnc(-c3ccc(C[C@H](NC(=O)c4ccc(CCC)cc4)C(=O)N4CC[C@H](C(=O)O)C4)cc3)nc2)cc1. The molecule has 1 saturated heterocycles. The average Bonchev–Trinajstić information content (AvgIpc) is 3.65.